The summed E-state index contributed by atoms with van der Waals surface area (Å²) in [6.07, 6.45) is 2.53. The maximum absolute atomic E-state index is 13.6. The second-order valence-electron chi connectivity index (χ2n) is 10.6. The molecular formula is C27H35NO4S. The van der Waals surface area contributed by atoms with Gasteiger partial charge in [0.2, 0.25) is 10.0 Å². The summed E-state index contributed by atoms with van der Waals surface area (Å²) in [6, 6.07) is 15.6. The Morgan fingerprint density at radius 1 is 1.00 bits per heavy atom. The van der Waals surface area contributed by atoms with Crippen LogP contribution in [0.15, 0.2) is 59.5 Å². The van der Waals surface area contributed by atoms with Gasteiger partial charge in [-0.05, 0) is 41.2 Å². The Labute approximate surface area is 198 Å². The van der Waals surface area contributed by atoms with Gasteiger partial charge in [0.15, 0.2) is 6.29 Å². The van der Waals surface area contributed by atoms with E-state index in [1.54, 1.807) is 16.4 Å². The van der Waals surface area contributed by atoms with Gasteiger partial charge in [0.05, 0.1) is 18.1 Å². The van der Waals surface area contributed by atoms with Crippen molar-refractivity contribution in [1.29, 1.82) is 0 Å². The summed E-state index contributed by atoms with van der Waals surface area (Å²) in [5.41, 5.74) is 3.99. The lowest BCUT2D eigenvalue weighted by molar-refractivity contribution is -0.0658. The molecule has 2 heterocycles. The summed E-state index contributed by atoms with van der Waals surface area (Å²) in [5, 5.41) is 0. The molecule has 0 aromatic heterocycles. The summed E-state index contributed by atoms with van der Waals surface area (Å²) in [4.78, 5) is 0.327. The highest BCUT2D eigenvalue weighted by atomic mass is 32.2. The van der Waals surface area contributed by atoms with Gasteiger partial charge >= 0.3 is 0 Å². The molecule has 0 aliphatic carbocycles. The fraction of sp³-hybridized carbons (Fsp3) is 0.481. The monoisotopic (exact) mass is 469 g/mol. The van der Waals surface area contributed by atoms with Crippen LogP contribution in [0.4, 0.5) is 0 Å². The highest BCUT2D eigenvalue weighted by Crippen LogP contribution is 2.39. The van der Waals surface area contributed by atoms with Crippen LogP contribution in [0.5, 0.6) is 0 Å². The molecule has 0 bridgehead atoms. The largest absolute Gasteiger partial charge is 0.350 e. The molecular weight excluding hydrogens is 434 g/mol. The minimum atomic E-state index is -3.64. The van der Waals surface area contributed by atoms with E-state index in [-0.39, 0.29) is 11.7 Å². The molecule has 1 atom stereocenters. The summed E-state index contributed by atoms with van der Waals surface area (Å²) < 4.78 is 40.3. The maximum Gasteiger partial charge on any atom is 0.243 e. The zero-order valence-corrected chi connectivity index (χ0v) is 21.1. The predicted molar refractivity (Wildman–Crippen MR) is 131 cm³/mol. The van der Waals surface area contributed by atoms with Crippen LogP contribution in [-0.4, -0.2) is 45.3 Å². The van der Waals surface area contributed by atoms with E-state index in [9.17, 15) is 8.42 Å². The molecule has 5 nitrogen and oxygen atoms in total. The molecule has 0 N–H and O–H groups in total. The Morgan fingerprint density at radius 3 is 2.18 bits per heavy atom. The van der Waals surface area contributed by atoms with Crippen molar-refractivity contribution in [2.75, 3.05) is 26.3 Å². The molecule has 4 rings (SSSR count). The summed E-state index contributed by atoms with van der Waals surface area (Å²) in [7, 11) is -3.64. The predicted octanol–water partition coefficient (Wildman–Crippen LogP) is 5.15. The van der Waals surface area contributed by atoms with E-state index >= 15 is 0 Å². The van der Waals surface area contributed by atoms with E-state index in [1.807, 2.05) is 19.1 Å². The zero-order chi connectivity index (χ0) is 23.9. The molecule has 178 valence electrons. The first-order chi connectivity index (χ1) is 15.5. The van der Waals surface area contributed by atoms with Gasteiger partial charge in [0, 0.05) is 24.9 Å². The smallest absolute Gasteiger partial charge is 0.243 e. The third-order valence-corrected chi connectivity index (χ3v) is 8.32. The summed E-state index contributed by atoms with van der Waals surface area (Å²) in [5.74, 6) is 0. The Morgan fingerprint density at radius 2 is 1.61 bits per heavy atom. The molecule has 0 spiro atoms. The Balaban J connectivity index is 1.70. The van der Waals surface area contributed by atoms with Crippen LogP contribution < -0.4 is 0 Å². The van der Waals surface area contributed by atoms with Crippen LogP contribution in [0.2, 0.25) is 0 Å². The molecule has 0 radical (unpaired) electrons. The van der Waals surface area contributed by atoms with E-state index in [0.717, 1.165) is 16.7 Å². The van der Waals surface area contributed by atoms with Crippen molar-refractivity contribution in [2.24, 2.45) is 5.41 Å². The van der Waals surface area contributed by atoms with Gasteiger partial charge in [-0.15, -0.1) is 0 Å². The first kappa shape index (κ1) is 24.1. The minimum absolute atomic E-state index is 0.0615. The number of hydrogen-bond donors (Lipinski definition) is 0. The van der Waals surface area contributed by atoms with Crippen LogP contribution in [0.25, 0.3) is 5.57 Å². The molecule has 1 fully saturated rings. The second kappa shape index (κ2) is 8.99. The van der Waals surface area contributed by atoms with Crippen molar-refractivity contribution in [1.82, 2.24) is 4.31 Å². The molecule has 2 aromatic carbocycles. The van der Waals surface area contributed by atoms with Crippen molar-refractivity contribution in [3.8, 4) is 0 Å². The Bertz CT molecular complexity index is 1110. The third-order valence-electron chi connectivity index (χ3n) is 6.51. The van der Waals surface area contributed by atoms with E-state index in [2.05, 4.69) is 58.0 Å². The van der Waals surface area contributed by atoms with Crippen LogP contribution in [0, 0.1) is 12.3 Å². The highest BCUT2D eigenvalue weighted by molar-refractivity contribution is 7.89. The molecule has 0 saturated carbocycles. The quantitative estimate of drug-likeness (QED) is 0.608. The van der Waals surface area contributed by atoms with Crippen molar-refractivity contribution < 1.29 is 17.9 Å². The number of nitrogens with zero attached hydrogens (tertiary/aromatic N) is 1. The standard InChI is InChI=1S/C27H35NO4S/c1-20-6-12-24(13-7-20)33(29,30)28-18-22(21-8-10-23(11-9-21)26(2,3)4)16-27(5,19-28)17-25-31-14-15-32-25/h6-13,16,25H,14-15,17-19H2,1-5H3/t27-/m1/s1. The lowest BCUT2D eigenvalue weighted by atomic mass is 9.80. The molecule has 1 saturated heterocycles. The average molecular weight is 470 g/mol. The number of aryl methyl sites for hydroxylation is 1. The molecule has 2 aromatic rings. The first-order valence-corrected chi connectivity index (χ1v) is 13.0. The zero-order valence-electron chi connectivity index (χ0n) is 20.3. The number of sulfonamides is 1. The lowest BCUT2D eigenvalue weighted by Crippen LogP contribution is -2.44. The minimum Gasteiger partial charge on any atom is -0.350 e. The molecule has 33 heavy (non-hydrogen) atoms. The van der Waals surface area contributed by atoms with Crippen molar-refractivity contribution in [3.05, 3.63) is 71.3 Å². The average Bonchev–Trinajstić information content (AvgIpc) is 3.25. The normalized spacial score (nSPS) is 23.0. The van der Waals surface area contributed by atoms with Gasteiger partial charge in [-0.3, -0.25) is 0 Å². The summed E-state index contributed by atoms with van der Waals surface area (Å²) >= 11 is 0. The van der Waals surface area contributed by atoms with Crippen LogP contribution in [-0.2, 0) is 24.9 Å². The van der Waals surface area contributed by atoms with Crippen LogP contribution in [0.3, 0.4) is 0 Å². The third kappa shape index (κ3) is 5.40. The highest BCUT2D eigenvalue weighted by Gasteiger charge is 2.39. The molecule has 0 unspecified atom stereocenters. The van der Waals surface area contributed by atoms with Crippen molar-refractivity contribution in [2.45, 2.75) is 57.6 Å². The fourth-order valence-electron chi connectivity index (χ4n) is 4.58. The molecule has 6 heteroatoms. The second-order valence-corrected chi connectivity index (χ2v) is 12.6. The van der Waals surface area contributed by atoms with Crippen molar-refractivity contribution >= 4 is 15.6 Å². The molecule has 0 amide bonds. The van der Waals surface area contributed by atoms with Crippen molar-refractivity contribution in [3.63, 3.8) is 0 Å². The van der Waals surface area contributed by atoms with Gasteiger partial charge in [-0.1, -0.05) is 75.7 Å². The number of benzene rings is 2. The van der Waals surface area contributed by atoms with E-state index in [4.69, 9.17) is 9.47 Å². The van der Waals surface area contributed by atoms with E-state index < -0.39 is 15.4 Å². The van der Waals surface area contributed by atoms with Gasteiger partial charge in [-0.2, -0.15) is 4.31 Å². The fourth-order valence-corrected chi connectivity index (χ4v) is 6.13. The number of ether oxygens (including phenoxy) is 2. The van der Waals surface area contributed by atoms with Crippen LogP contribution in [0.1, 0.15) is 50.8 Å². The van der Waals surface area contributed by atoms with E-state index in [0.29, 0.717) is 37.6 Å². The van der Waals surface area contributed by atoms with Gasteiger partial charge < -0.3 is 9.47 Å². The Kier molecular flexibility index (Phi) is 6.58. The summed E-state index contributed by atoms with van der Waals surface area (Å²) in [6.45, 7) is 12.5. The SMILES string of the molecule is Cc1ccc(S(=O)(=O)N2CC(c3ccc(C(C)(C)C)cc3)=C[C@](C)(CC3OCCO3)C2)cc1. The van der Waals surface area contributed by atoms with Gasteiger partial charge in [0.25, 0.3) is 0 Å². The molecule has 2 aliphatic rings. The number of rotatable bonds is 5. The Hall–Kier alpha value is -1.99. The topological polar surface area (TPSA) is 55.8 Å². The van der Waals surface area contributed by atoms with Crippen LogP contribution >= 0.6 is 0 Å². The van der Waals surface area contributed by atoms with Gasteiger partial charge in [-0.25, -0.2) is 8.42 Å². The molecule has 2 aliphatic heterocycles. The van der Waals surface area contributed by atoms with E-state index in [1.165, 1.54) is 5.56 Å². The van der Waals surface area contributed by atoms with Gasteiger partial charge in [0.1, 0.15) is 0 Å². The first-order valence-electron chi connectivity index (χ1n) is 11.6. The number of hydrogen-bond acceptors (Lipinski definition) is 4. The lowest BCUT2D eigenvalue weighted by Gasteiger charge is -2.39. The maximum atomic E-state index is 13.6.